The third kappa shape index (κ3) is 4.36. The fraction of sp³-hybridized carbons (Fsp3) is 1.00. The number of halogens is 1. The summed E-state index contributed by atoms with van der Waals surface area (Å²) in [6, 6.07) is 0. The number of aliphatic hydroxyl groups excluding tert-OH is 2. The van der Waals surface area contributed by atoms with Crippen molar-refractivity contribution in [2.45, 2.75) is 12.8 Å². The van der Waals surface area contributed by atoms with Gasteiger partial charge in [-0.2, -0.15) is 0 Å². The first-order chi connectivity index (χ1) is 4.35. The molecule has 0 heterocycles. The Bertz CT molecular complexity index is 55.0. The summed E-state index contributed by atoms with van der Waals surface area (Å²) < 4.78 is 11.5. The molecule has 0 bridgehead atoms. The summed E-state index contributed by atoms with van der Waals surface area (Å²) in [6.45, 7) is -0.455. The summed E-state index contributed by atoms with van der Waals surface area (Å²) in [5.41, 5.74) is 0. The van der Waals surface area contributed by atoms with Crippen molar-refractivity contribution in [3.05, 3.63) is 0 Å². The Kier molecular flexibility index (Phi) is 5.88. The molecule has 56 valence electrons. The summed E-state index contributed by atoms with van der Waals surface area (Å²) in [4.78, 5) is 0. The topological polar surface area (TPSA) is 40.5 Å². The molecule has 0 aromatic carbocycles. The molecule has 3 heteroatoms. The van der Waals surface area contributed by atoms with Crippen molar-refractivity contribution < 1.29 is 14.6 Å². The second kappa shape index (κ2) is 5.98. The van der Waals surface area contributed by atoms with Crippen LogP contribution in [0.4, 0.5) is 4.39 Å². The first-order valence-electron chi connectivity index (χ1n) is 3.12. The van der Waals surface area contributed by atoms with Gasteiger partial charge in [-0.3, -0.25) is 4.39 Å². The van der Waals surface area contributed by atoms with Crippen molar-refractivity contribution in [3.63, 3.8) is 0 Å². The van der Waals surface area contributed by atoms with Crippen LogP contribution in [0, 0.1) is 5.92 Å². The van der Waals surface area contributed by atoms with Crippen LogP contribution in [0.15, 0.2) is 0 Å². The smallest absolute Gasteiger partial charge is 0.0894 e. The van der Waals surface area contributed by atoms with Crippen molar-refractivity contribution in [2.75, 3.05) is 19.9 Å². The van der Waals surface area contributed by atoms with E-state index in [0.29, 0.717) is 12.8 Å². The van der Waals surface area contributed by atoms with Gasteiger partial charge in [0.1, 0.15) is 0 Å². The summed E-state index contributed by atoms with van der Waals surface area (Å²) >= 11 is 0. The molecule has 0 saturated heterocycles. The monoisotopic (exact) mass is 136 g/mol. The van der Waals surface area contributed by atoms with E-state index in [1.54, 1.807) is 0 Å². The second-order valence-corrected chi connectivity index (χ2v) is 2.06. The van der Waals surface area contributed by atoms with Crippen molar-refractivity contribution in [1.29, 1.82) is 0 Å². The predicted molar refractivity (Wildman–Crippen MR) is 32.9 cm³/mol. The van der Waals surface area contributed by atoms with Crippen LogP contribution >= 0.6 is 0 Å². The Balaban J connectivity index is 3.09. The van der Waals surface area contributed by atoms with E-state index in [1.165, 1.54) is 0 Å². The number of hydrogen-bond acceptors (Lipinski definition) is 2. The van der Waals surface area contributed by atoms with Gasteiger partial charge in [-0.25, -0.2) is 0 Å². The van der Waals surface area contributed by atoms with Crippen LogP contribution in [0.1, 0.15) is 12.8 Å². The van der Waals surface area contributed by atoms with Crippen LogP contribution in [0.3, 0.4) is 0 Å². The summed E-state index contributed by atoms with van der Waals surface area (Å²) in [6.07, 6.45) is 1.01. The lowest BCUT2D eigenvalue weighted by Crippen LogP contribution is -2.10. The van der Waals surface area contributed by atoms with Crippen molar-refractivity contribution in [2.24, 2.45) is 5.92 Å². The van der Waals surface area contributed by atoms with E-state index in [1.807, 2.05) is 0 Å². The molecule has 0 saturated carbocycles. The van der Waals surface area contributed by atoms with Gasteiger partial charge >= 0.3 is 0 Å². The predicted octanol–water partition coefficient (Wildman–Crippen LogP) is 0.337. The largest absolute Gasteiger partial charge is 0.396 e. The first kappa shape index (κ1) is 8.85. The molecule has 0 radical (unpaired) electrons. The highest BCUT2D eigenvalue weighted by molar-refractivity contribution is 4.54. The Hall–Kier alpha value is -0.150. The van der Waals surface area contributed by atoms with Gasteiger partial charge in [0.25, 0.3) is 0 Å². The number of alkyl halides is 1. The average Bonchev–Trinajstić information content (AvgIpc) is 1.91. The van der Waals surface area contributed by atoms with Crippen LogP contribution in [0.5, 0.6) is 0 Å². The number of rotatable bonds is 5. The standard InChI is InChI=1S/C6H13FO2/c7-3-1-2-6(4-8)5-9/h6,8-9H,1-5H2. The number of hydrogen-bond donors (Lipinski definition) is 2. The van der Waals surface area contributed by atoms with E-state index in [-0.39, 0.29) is 25.8 Å². The minimum Gasteiger partial charge on any atom is -0.396 e. The van der Waals surface area contributed by atoms with Gasteiger partial charge in [-0.15, -0.1) is 0 Å². The molecule has 0 aliphatic carbocycles. The van der Waals surface area contributed by atoms with Gasteiger partial charge < -0.3 is 10.2 Å². The second-order valence-electron chi connectivity index (χ2n) is 2.06. The van der Waals surface area contributed by atoms with Crippen LogP contribution in [0.2, 0.25) is 0 Å². The van der Waals surface area contributed by atoms with Gasteiger partial charge in [0.15, 0.2) is 0 Å². The molecule has 9 heavy (non-hydrogen) atoms. The van der Waals surface area contributed by atoms with Crippen LogP contribution in [-0.2, 0) is 0 Å². The molecule has 0 aromatic heterocycles. The first-order valence-corrected chi connectivity index (χ1v) is 3.12. The lowest BCUT2D eigenvalue weighted by atomic mass is 10.1. The highest BCUT2D eigenvalue weighted by atomic mass is 19.1. The Morgan fingerprint density at radius 1 is 1.22 bits per heavy atom. The fourth-order valence-corrected chi connectivity index (χ4v) is 0.606. The van der Waals surface area contributed by atoms with Crippen molar-refractivity contribution in [1.82, 2.24) is 0 Å². The molecule has 0 atom stereocenters. The minimum atomic E-state index is -0.365. The number of aliphatic hydroxyl groups is 2. The Morgan fingerprint density at radius 2 is 1.78 bits per heavy atom. The summed E-state index contributed by atoms with van der Waals surface area (Å²) in [5, 5.41) is 16.9. The van der Waals surface area contributed by atoms with E-state index >= 15 is 0 Å². The quantitative estimate of drug-likeness (QED) is 0.572. The van der Waals surface area contributed by atoms with E-state index in [2.05, 4.69) is 0 Å². The highest BCUT2D eigenvalue weighted by Crippen LogP contribution is 2.03. The fourth-order valence-electron chi connectivity index (χ4n) is 0.606. The maximum absolute atomic E-state index is 11.5. The molecule has 0 rings (SSSR count). The SMILES string of the molecule is OCC(CO)CCCF. The maximum Gasteiger partial charge on any atom is 0.0894 e. The lowest BCUT2D eigenvalue weighted by molar-refractivity contribution is 0.140. The molecule has 0 fully saturated rings. The molecular weight excluding hydrogens is 123 g/mol. The van der Waals surface area contributed by atoms with Gasteiger partial charge in [-0.05, 0) is 12.8 Å². The third-order valence-electron chi connectivity index (χ3n) is 1.26. The summed E-state index contributed by atoms with van der Waals surface area (Å²) in [5.74, 6) is -0.124. The molecular formula is C6H13FO2. The Labute approximate surface area is 54.3 Å². The molecule has 2 N–H and O–H groups in total. The van der Waals surface area contributed by atoms with Crippen LogP contribution in [-0.4, -0.2) is 30.1 Å². The van der Waals surface area contributed by atoms with E-state index in [4.69, 9.17) is 10.2 Å². The molecule has 0 aromatic rings. The third-order valence-corrected chi connectivity index (χ3v) is 1.26. The summed E-state index contributed by atoms with van der Waals surface area (Å²) in [7, 11) is 0. The normalized spacial score (nSPS) is 10.7. The zero-order chi connectivity index (χ0) is 7.11. The van der Waals surface area contributed by atoms with Crippen molar-refractivity contribution in [3.8, 4) is 0 Å². The van der Waals surface area contributed by atoms with E-state index in [0.717, 1.165) is 0 Å². The van der Waals surface area contributed by atoms with Crippen LogP contribution < -0.4 is 0 Å². The van der Waals surface area contributed by atoms with E-state index < -0.39 is 0 Å². The maximum atomic E-state index is 11.5. The van der Waals surface area contributed by atoms with E-state index in [9.17, 15) is 4.39 Å². The Morgan fingerprint density at radius 3 is 2.11 bits per heavy atom. The zero-order valence-electron chi connectivity index (χ0n) is 5.39. The van der Waals surface area contributed by atoms with Gasteiger partial charge in [0.05, 0.1) is 6.67 Å². The van der Waals surface area contributed by atoms with Gasteiger partial charge in [0.2, 0.25) is 0 Å². The van der Waals surface area contributed by atoms with Crippen molar-refractivity contribution >= 4 is 0 Å². The minimum absolute atomic E-state index is 0.0451. The van der Waals surface area contributed by atoms with Crippen LogP contribution in [0.25, 0.3) is 0 Å². The average molecular weight is 136 g/mol. The van der Waals surface area contributed by atoms with Gasteiger partial charge in [0, 0.05) is 19.1 Å². The highest BCUT2D eigenvalue weighted by Gasteiger charge is 2.03. The lowest BCUT2D eigenvalue weighted by Gasteiger charge is -2.07. The molecule has 0 spiro atoms. The zero-order valence-corrected chi connectivity index (χ0v) is 5.39. The molecule has 0 aliphatic rings. The molecule has 0 unspecified atom stereocenters. The molecule has 2 nitrogen and oxygen atoms in total. The molecule has 0 aliphatic heterocycles. The van der Waals surface area contributed by atoms with Gasteiger partial charge in [-0.1, -0.05) is 0 Å². The molecule has 0 amide bonds.